The van der Waals surface area contributed by atoms with Crippen molar-refractivity contribution in [3.8, 4) is 0 Å². The summed E-state index contributed by atoms with van der Waals surface area (Å²) in [5.41, 5.74) is 0.195. The normalized spacial score (nSPS) is 38.0. The zero-order valence-corrected chi connectivity index (χ0v) is 18.1. The number of hydrogen-bond donors (Lipinski definition) is 1. The van der Waals surface area contributed by atoms with Crippen LogP contribution in [0.25, 0.3) is 0 Å². The first-order valence-corrected chi connectivity index (χ1v) is 9.53. The number of guanidine groups is 1. The molecule has 3 saturated heterocycles. The number of nitrogens with one attached hydrogen (secondary N) is 1. The summed E-state index contributed by atoms with van der Waals surface area (Å²) >= 11 is 0. The maximum Gasteiger partial charge on any atom is 0.193 e. The fourth-order valence-corrected chi connectivity index (χ4v) is 5.23. The number of fused-ring (bicyclic) bond motifs is 1. The van der Waals surface area contributed by atoms with Gasteiger partial charge in [0.25, 0.3) is 0 Å². The highest BCUT2D eigenvalue weighted by atomic mass is 127. The number of likely N-dealkylation sites (tertiary alicyclic amines) is 1. The molecule has 25 heavy (non-hydrogen) atoms. The number of rotatable bonds is 2. The van der Waals surface area contributed by atoms with Gasteiger partial charge in [-0.3, -0.25) is 9.89 Å². The first-order valence-electron chi connectivity index (χ1n) is 9.53. The maximum absolute atomic E-state index is 5.92. The zero-order valence-electron chi connectivity index (χ0n) is 15.7. The van der Waals surface area contributed by atoms with Gasteiger partial charge in [-0.05, 0) is 12.8 Å². The van der Waals surface area contributed by atoms with Crippen molar-refractivity contribution in [3.05, 3.63) is 0 Å². The first-order chi connectivity index (χ1) is 11.6. The molecular formula is C18H33IN4O2. The Balaban J connectivity index is 0.00000182. The fourth-order valence-electron chi connectivity index (χ4n) is 5.23. The van der Waals surface area contributed by atoms with Crippen LogP contribution in [0.3, 0.4) is 0 Å². The van der Waals surface area contributed by atoms with E-state index in [0.717, 1.165) is 52.0 Å². The van der Waals surface area contributed by atoms with Gasteiger partial charge in [0, 0.05) is 63.3 Å². The van der Waals surface area contributed by atoms with Gasteiger partial charge in [0.05, 0.1) is 19.3 Å². The number of ether oxygens (including phenoxy) is 2. The third kappa shape index (κ3) is 3.53. The van der Waals surface area contributed by atoms with Crippen LogP contribution < -0.4 is 5.32 Å². The lowest BCUT2D eigenvalue weighted by Gasteiger charge is -2.55. The molecule has 0 amide bonds. The van der Waals surface area contributed by atoms with Crippen molar-refractivity contribution in [2.24, 2.45) is 16.3 Å². The molecule has 3 heterocycles. The van der Waals surface area contributed by atoms with Crippen LogP contribution in [0.15, 0.2) is 4.99 Å². The van der Waals surface area contributed by atoms with Gasteiger partial charge < -0.3 is 19.7 Å². The molecule has 0 aromatic carbocycles. The molecule has 4 rings (SSSR count). The average Bonchev–Trinajstić information content (AvgIpc) is 3.25. The van der Waals surface area contributed by atoms with E-state index in [4.69, 9.17) is 9.47 Å². The van der Waals surface area contributed by atoms with E-state index in [-0.39, 0.29) is 29.4 Å². The minimum Gasteiger partial charge on any atom is -0.379 e. The molecule has 1 N–H and O–H groups in total. The molecule has 3 aliphatic heterocycles. The average molecular weight is 464 g/mol. The summed E-state index contributed by atoms with van der Waals surface area (Å²) in [6.45, 7) is 11.6. The second-order valence-electron chi connectivity index (χ2n) is 8.27. The molecule has 144 valence electrons. The number of morpholine rings is 1. The molecule has 4 aliphatic rings. The molecule has 4 fully saturated rings. The summed E-state index contributed by atoms with van der Waals surface area (Å²) < 4.78 is 11.4. The first kappa shape index (κ1) is 19.6. The molecule has 0 radical (unpaired) electrons. The van der Waals surface area contributed by atoms with Crippen LogP contribution in [0.2, 0.25) is 0 Å². The maximum atomic E-state index is 5.92. The Morgan fingerprint density at radius 3 is 2.60 bits per heavy atom. The van der Waals surface area contributed by atoms with Gasteiger partial charge in [0.15, 0.2) is 5.96 Å². The van der Waals surface area contributed by atoms with Gasteiger partial charge in [-0.2, -0.15) is 0 Å². The van der Waals surface area contributed by atoms with E-state index in [1.807, 2.05) is 7.05 Å². The summed E-state index contributed by atoms with van der Waals surface area (Å²) in [5.74, 6) is 1.73. The van der Waals surface area contributed by atoms with Gasteiger partial charge >= 0.3 is 0 Å². The van der Waals surface area contributed by atoms with Gasteiger partial charge in [0.2, 0.25) is 0 Å². The van der Waals surface area contributed by atoms with Crippen molar-refractivity contribution >= 4 is 29.9 Å². The second-order valence-corrected chi connectivity index (χ2v) is 8.27. The molecule has 1 saturated carbocycles. The standard InChI is InChI=1S/C18H32N4O2.HI/c1-18(2)15(14-5-9-24-16(14)18)20-17(19-3)22-6-4-13(12-22)21-7-10-23-11-8-21;/h13-16H,4-12H2,1-3H3,(H,19,20);1H. The zero-order chi connectivity index (χ0) is 16.7. The highest BCUT2D eigenvalue weighted by Crippen LogP contribution is 2.52. The highest BCUT2D eigenvalue weighted by Gasteiger charge is 2.59. The van der Waals surface area contributed by atoms with Gasteiger partial charge in [-0.1, -0.05) is 13.8 Å². The fraction of sp³-hybridized carbons (Fsp3) is 0.944. The van der Waals surface area contributed by atoms with Crippen LogP contribution in [-0.4, -0.2) is 87.0 Å². The summed E-state index contributed by atoms with van der Waals surface area (Å²) in [4.78, 5) is 9.63. The van der Waals surface area contributed by atoms with E-state index in [9.17, 15) is 0 Å². The van der Waals surface area contributed by atoms with Gasteiger partial charge in [-0.25, -0.2) is 0 Å². The molecule has 0 bridgehead atoms. The molecule has 4 atom stereocenters. The van der Waals surface area contributed by atoms with Crippen LogP contribution in [0.5, 0.6) is 0 Å². The Bertz CT molecular complexity index is 495. The molecule has 0 spiro atoms. The molecule has 6 nitrogen and oxygen atoms in total. The summed E-state index contributed by atoms with van der Waals surface area (Å²) in [7, 11) is 1.92. The van der Waals surface area contributed by atoms with Gasteiger partial charge in [-0.15, -0.1) is 24.0 Å². The van der Waals surface area contributed by atoms with Crippen molar-refractivity contribution in [1.82, 2.24) is 15.1 Å². The smallest absolute Gasteiger partial charge is 0.193 e. The Morgan fingerprint density at radius 2 is 1.88 bits per heavy atom. The van der Waals surface area contributed by atoms with E-state index in [0.29, 0.717) is 24.1 Å². The van der Waals surface area contributed by atoms with Crippen LogP contribution in [0, 0.1) is 11.3 Å². The number of aliphatic imine (C=N–C) groups is 1. The molecule has 0 aromatic heterocycles. The summed E-state index contributed by atoms with van der Waals surface area (Å²) in [6.07, 6.45) is 2.83. The molecule has 1 aliphatic carbocycles. The van der Waals surface area contributed by atoms with Crippen molar-refractivity contribution in [3.63, 3.8) is 0 Å². The van der Waals surface area contributed by atoms with E-state index in [1.54, 1.807) is 0 Å². The van der Waals surface area contributed by atoms with E-state index in [2.05, 4.69) is 34.0 Å². The van der Waals surface area contributed by atoms with E-state index < -0.39 is 0 Å². The Labute approximate surface area is 168 Å². The third-order valence-corrected chi connectivity index (χ3v) is 6.62. The van der Waals surface area contributed by atoms with Crippen molar-refractivity contribution < 1.29 is 9.47 Å². The SMILES string of the molecule is CN=C(NC1C2CCOC2C1(C)C)N1CCC(N2CCOCC2)C1.I. The van der Waals surface area contributed by atoms with Crippen LogP contribution in [0.4, 0.5) is 0 Å². The second kappa shape index (κ2) is 7.86. The van der Waals surface area contributed by atoms with Crippen molar-refractivity contribution in [2.45, 2.75) is 44.9 Å². The van der Waals surface area contributed by atoms with Crippen LogP contribution >= 0.6 is 24.0 Å². The monoisotopic (exact) mass is 464 g/mol. The Morgan fingerprint density at radius 1 is 1.12 bits per heavy atom. The number of nitrogens with zero attached hydrogens (tertiary/aromatic N) is 3. The number of hydrogen-bond acceptors (Lipinski definition) is 4. The molecule has 0 aromatic rings. The lowest BCUT2D eigenvalue weighted by molar-refractivity contribution is -0.107. The van der Waals surface area contributed by atoms with E-state index >= 15 is 0 Å². The largest absolute Gasteiger partial charge is 0.379 e. The lowest BCUT2D eigenvalue weighted by atomic mass is 9.57. The number of halogens is 1. The topological polar surface area (TPSA) is 49.3 Å². The molecule has 7 heteroatoms. The van der Waals surface area contributed by atoms with E-state index in [1.165, 1.54) is 12.8 Å². The predicted molar refractivity (Wildman–Crippen MR) is 110 cm³/mol. The van der Waals surface area contributed by atoms with Crippen molar-refractivity contribution in [1.29, 1.82) is 0 Å². The van der Waals surface area contributed by atoms with Crippen LogP contribution in [0.1, 0.15) is 26.7 Å². The quantitative estimate of drug-likeness (QED) is 0.381. The van der Waals surface area contributed by atoms with Crippen LogP contribution in [-0.2, 0) is 9.47 Å². The predicted octanol–water partition coefficient (Wildman–Crippen LogP) is 1.40. The highest BCUT2D eigenvalue weighted by molar-refractivity contribution is 14.0. The summed E-state index contributed by atoms with van der Waals surface area (Å²) in [6, 6.07) is 1.12. The molecular weight excluding hydrogens is 431 g/mol. The van der Waals surface area contributed by atoms with Crippen molar-refractivity contribution in [2.75, 3.05) is 53.0 Å². The third-order valence-electron chi connectivity index (χ3n) is 6.62. The minimum atomic E-state index is 0. The lowest BCUT2D eigenvalue weighted by Crippen LogP contribution is -2.68. The Hall–Kier alpha value is -0.120. The molecule has 4 unspecified atom stereocenters. The summed E-state index contributed by atoms with van der Waals surface area (Å²) in [5, 5.41) is 3.78. The minimum absolute atomic E-state index is 0. The van der Waals surface area contributed by atoms with Gasteiger partial charge in [0.1, 0.15) is 0 Å². The Kier molecular flexibility index (Phi) is 6.17.